The van der Waals surface area contributed by atoms with Gasteiger partial charge in [0.25, 0.3) is 10.1 Å². The highest BCUT2D eigenvalue weighted by atomic mass is 32.2. The van der Waals surface area contributed by atoms with Crippen LogP contribution in [0.3, 0.4) is 0 Å². The minimum Gasteiger partial charge on any atom is -0.285 e. The van der Waals surface area contributed by atoms with Crippen LogP contribution in [0.15, 0.2) is 43.0 Å². The summed E-state index contributed by atoms with van der Waals surface area (Å²) in [6.45, 7) is 3.65. The summed E-state index contributed by atoms with van der Waals surface area (Å²) in [7, 11) is -3.89. The molecule has 1 aromatic carbocycles. The van der Waals surface area contributed by atoms with E-state index < -0.39 is 10.1 Å². The monoisotopic (exact) mass is 238 g/mol. The molecule has 0 fully saturated rings. The van der Waals surface area contributed by atoms with Crippen LogP contribution in [0.4, 0.5) is 0 Å². The smallest absolute Gasteiger partial charge is 0.268 e. The van der Waals surface area contributed by atoms with Crippen LogP contribution in [0, 0.1) is 0 Å². The van der Waals surface area contributed by atoms with Crippen molar-refractivity contribution >= 4 is 16.2 Å². The Bertz CT molecular complexity index is 469. The number of rotatable bonds is 5. The number of allylic oxidation sites excluding steroid dienone is 1. The lowest BCUT2D eigenvalue weighted by molar-refractivity contribution is 0.486. The first-order valence-corrected chi connectivity index (χ1v) is 6.44. The van der Waals surface area contributed by atoms with Gasteiger partial charge in [-0.1, -0.05) is 49.1 Å². The number of hydrogen-bond donors (Lipinski definition) is 1. The van der Waals surface area contributed by atoms with E-state index in [9.17, 15) is 8.42 Å². The standard InChI is InChI=1S/C12H14O3S/c1-2-11-6-8-12(9-7-11)5-3-4-10-16(13,14)15/h2-4,6-9H,1,5,10H2,(H,13,14,15)/b4-3+. The Morgan fingerprint density at radius 2 is 1.81 bits per heavy atom. The molecule has 0 aliphatic carbocycles. The molecule has 0 unspecified atom stereocenters. The Morgan fingerprint density at radius 3 is 2.31 bits per heavy atom. The molecule has 4 heteroatoms. The first-order valence-electron chi connectivity index (χ1n) is 4.83. The van der Waals surface area contributed by atoms with Crippen molar-refractivity contribution in [1.82, 2.24) is 0 Å². The molecule has 0 spiro atoms. The lowest BCUT2D eigenvalue weighted by atomic mass is 10.1. The first-order chi connectivity index (χ1) is 7.51. The summed E-state index contributed by atoms with van der Waals surface area (Å²) < 4.78 is 29.3. The van der Waals surface area contributed by atoms with Crippen LogP contribution in [0.5, 0.6) is 0 Å². The van der Waals surface area contributed by atoms with E-state index in [1.165, 1.54) is 6.08 Å². The number of benzene rings is 1. The molecule has 0 bridgehead atoms. The maximum Gasteiger partial charge on any atom is 0.268 e. The Balaban J connectivity index is 2.51. The molecule has 3 nitrogen and oxygen atoms in total. The van der Waals surface area contributed by atoms with E-state index in [1.807, 2.05) is 24.3 Å². The molecule has 0 radical (unpaired) electrons. The highest BCUT2D eigenvalue weighted by Crippen LogP contribution is 2.06. The maximum absolute atomic E-state index is 10.4. The molecule has 1 N–H and O–H groups in total. The molecular formula is C12H14O3S. The van der Waals surface area contributed by atoms with Gasteiger partial charge in [0.15, 0.2) is 0 Å². The van der Waals surface area contributed by atoms with E-state index in [1.54, 1.807) is 12.2 Å². The molecule has 1 rings (SSSR count). The van der Waals surface area contributed by atoms with Crippen molar-refractivity contribution < 1.29 is 13.0 Å². The molecule has 0 aliphatic heterocycles. The minimum atomic E-state index is -3.89. The highest BCUT2D eigenvalue weighted by Gasteiger charge is 1.98. The first kappa shape index (κ1) is 12.7. The normalized spacial score (nSPS) is 11.8. The van der Waals surface area contributed by atoms with Gasteiger partial charge in [-0.25, -0.2) is 0 Å². The third-order valence-corrected chi connectivity index (χ3v) is 2.66. The van der Waals surface area contributed by atoms with Crippen molar-refractivity contribution in [2.75, 3.05) is 5.75 Å². The van der Waals surface area contributed by atoms with Gasteiger partial charge in [0.05, 0.1) is 5.75 Å². The summed E-state index contributed by atoms with van der Waals surface area (Å²) in [4.78, 5) is 0. The lowest BCUT2D eigenvalue weighted by Crippen LogP contribution is -2.00. The van der Waals surface area contributed by atoms with E-state index >= 15 is 0 Å². The van der Waals surface area contributed by atoms with Crippen molar-refractivity contribution in [3.05, 3.63) is 54.1 Å². The Labute approximate surface area is 95.9 Å². The number of hydrogen-bond acceptors (Lipinski definition) is 2. The SMILES string of the molecule is C=Cc1ccc(C/C=C/CS(=O)(=O)O)cc1. The van der Waals surface area contributed by atoms with Crippen molar-refractivity contribution in [2.45, 2.75) is 6.42 Å². The largest absolute Gasteiger partial charge is 0.285 e. The second-order valence-corrected chi connectivity index (χ2v) is 4.87. The summed E-state index contributed by atoms with van der Waals surface area (Å²) in [6.07, 6.45) is 5.57. The van der Waals surface area contributed by atoms with Crippen LogP contribution in [0.25, 0.3) is 6.08 Å². The summed E-state index contributed by atoms with van der Waals surface area (Å²) in [5, 5.41) is 0. The second kappa shape index (κ2) is 5.63. The van der Waals surface area contributed by atoms with Gasteiger partial charge in [-0.2, -0.15) is 8.42 Å². The fourth-order valence-corrected chi connectivity index (χ4v) is 1.58. The van der Waals surface area contributed by atoms with Crippen molar-refractivity contribution in [2.24, 2.45) is 0 Å². The van der Waals surface area contributed by atoms with Gasteiger partial charge in [0.1, 0.15) is 0 Å². The van der Waals surface area contributed by atoms with Crippen LogP contribution in [0.1, 0.15) is 11.1 Å². The zero-order chi connectivity index (χ0) is 12.0. The van der Waals surface area contributed by atoms with E-state index in [0.29, 0.717) is 6.42 Å². The maximum atomic E-state index is 10.4. The molecule has 86 valence electrons. The van der Waals surface area contributed by atoms with Gasteiger partial charge in [0, 0.05) is 0 Å². The zero-order valence-electron chi connectivity index (χ0n) is 8.83. The predicted molar refractivity (Wildman–Crippen MR) is 65.8 cm³/mol. The summed E-state index contributed by atoms with van der Waals surface area (Å²) >= 11 is 0. The van der Waals surface area contributed by atoms with Gasteiger partial charge < -0.3 is 0 Å². The molecule has 1 aromatic rings. The van der Waals surface area contributed by atoms with E-state index in [4.69, 9.17) is 4.55 Å². The van der Waals surface area contributed by atoms with Crippen molar-refractivity contribution in [3.63, 3.8) is 0 Å². The van der Waals surface area contributed by atoms with Gasteiger partial charge in [-0.15, -0.1) is 0 Å². The molecule has 0 atom stereocenters. The van der Waals surface area contributed by atoms with Crippen LogP contribution in [-0.2, 0) is 16.5 Å². The van der Waals surface area contributed by atoms with Gasteiger partial charge >= 0.3 is 0 Å². The molecule has 16 heavy (non-hydrogen) atoms. The van der Waals surface area contributed by atoms with Gasteiger partial charge in [-0.3, -0.25) is 4.55 Å². The molecule has 0 saturated carbocycles. The third kappa shape index (κ3) is 4.91. The van der Waals surface area contributed by atoms with Crippen molar-refractivity contribution in [3.8, 4) is 0 Å². The fourth-order valence-electron chi connectivity index (χ4n) is 1.20. The summed E-state index contributed by atoms with van der Waals surface area (Å²) in [5.74, 6) is -0.336. The van der Waals surface area contributed by atoms with Crippen LogP contribution in [-0.4, -0.2) is 18.7 Å². The summed E-state index contributed by atoms with van der Waals surface area (Å²) in [5.41, 5.74) is 2.13. The quantitative estimate of drug-likeness (QED) is 0.632. The highest BCUT2D eigenvalue weighted by molar-refractivity contribution is 7.85. The Morgan fingerprint density at radius 1 is 1.19 bits per heavy atom. The van der Waals surface area contributed by atoms with Crippen molar-refractivity contribution in [1.29, 1.82) is 0 Å². The molecular weight excluding hydrogens is 224 g/mol. The van der Waals surface area contributed by atoms with E-state index in [-0.39, 0.29) is 5.75 Å². The van der Waals surface area contributed by atoms with E-state index in [0.717, 1.165) is 11.1 Å². The molecule has 0 aromatic heterocycles. The Kier molecular flexibility index (Phi) is 4.46. The lowest BCUT2D eigenvalue weighted by Gasteiger charge is -1.97. The average Bonchev–Trinajstić information content (AvgIpc) is 2.24. The molecule has 0 aliphatic rings. The molecule has 0 heterocycles. The van der Waals surface area contributed by atoms with Crippen LogP contribution in [0.2, 0.25) is 0 Å². The zero-order valence-corrected chi connectivity index (χ0v) is 9.65. The second-order valence-electron chi connectivity index (χ2n) is 3.37. The predicted octanol–water partition coefficient (Wildman–Crippen LogP) is 2.32. The van der Waals surface area contributed by atoms with Gasteiger partial charge in [0.2, 0.25) is 0 Å². The van der Waals surface area contributed by atoms with Crippen LogP contribution >= 0.6 is 0 Å². The fraction of sp³-hybridized carbons (Fsp3) is 0.167. The van der Waals surface area contributed by atoms with Gasteiger partial charge in [-0.05, 0) is 17.5 Å². The van der Waals surface area contributed by atoms with Crippen LogP contribution < -0.4 is 0 Å². The van der Waals surface area contributed by atoms with E-state index in [2.05, 4.69) is 6.58 Å². The Hall–Kier alpha value is -1.39. The average molecular weight is 238 g/mol. The summed E-state index contributed by atoms with van der Waals surface area (Å²) in [6, 6.07) is 7.79. The molecule has 0 amide bonds. The topological polar surface area (TPSA) is 54.4 Å². The molecule has 0 saturated heterocycles. The minimum absolute atomic E-state index is 0.336. The third-order valence-electron chi connectivity index (χ3n) is 2.04.